The molecule has 0 aliphatic rings. The van der Waals surface area contributed by atoms with Crippen LogP contribution in [0.4, 0.5) is 0 Å². The fourth-order valence-electron chi connectivity index (χ4n) is 1.37. The molecule has 1 atom stereocenters. The Morgan fingerprint density at radius 3 is 2.83 bits per heavy atom. The lowest BCUT2D eigenvalue weighted by Gasteiger charge is -2.08. The van der Waals surface area contributed by atoms with Gasteiger partial charge in [0.1, 0.15) is 18.4 Å². The van der Waals surface area contributed by atoms with Gasteiger partial charge in [0.15, 0.2) is 0 Å². The molecule has 0 unspecified atom stereocenters. The number of ether oxygens (including phenoxy) is 1. The minimum atomic E-state index is -1.04. The molecule has 0 fully saturated rings. The summed E-state index contributed by atoms with van der Waals surface area (Å²) >= 11 is 0. The average molecular weight is 253 g/mol. The topological polar surface area (TPSA) is 79.7 Å². The van der Waals surface area contributed by atoms with Crippen molar-refractivity contribution in [1.82, 2.24) is 4.98 Å². The molecule has 0 saturated carbocycles. The predicted molar refractivity (Wildman–Crippen MR) is 66.2 cm³/mol. The van der Waals surface area contributed by atoms with Gasteiger partial charge in [0, 0.05) is 6.20 Å². The van der Waals surface area contributed by atoms with Crippen molar-refractivity contribution in [2.75, 3.05) is 13.2 Å². The molecule has 100 valence electrons. The number of hydrogen-bond acceptors (Lipinski definition) is 5. The quantitative estimate of drug-likeness (QED) is 0.707. The minimum absolute atomic E-state index is 0.209. The summed E-state index contributed by atoms with van der Waals surface area (Å²) in [6.45, 7) is 1.46. The average Bonchev–Trinajstić information content (AvgIpc) is 2.42. The van der Waals surface area contributed by atoms with E-state index in [-0.39, 0.29) is 12.3 Å². The van der Waals surface area contributed by atoms with Crippen molar-refractivity contribution < 1.29 is 19.7 Å². The van der Waals surface area contributed by atoms with Crippen molar-refractivity contribution in [3.8, 4) is 0 Å². The van der Waals surface area contributed by atoms with Crippen LogP contribution in [0.5, 0.6) is 0 Å². The maximum atomic E-state index is 11.5. The summed E-state index contributed by atoms with van der Waals surface area (Å²) < 4.78 is 4.79. The van der Waals surface area contributed by atoms with Crippen LogP contribution in [0.1, 0.15) is 35.8 Å². The standard InChI is InChI=1S/C13H19NO4/c1-2-3-4-10-5-6-12(14-7-10)13(17)18-9-11(16)8-15/h5-7,11,15-16H,2-4,8-9H2,1H3/t11-/m0/s1. The zero-order valence-corrected chi connectivity index (χ0v) is 10.5. The summed E-state index contributed by atoms with van der Waals surface area (Å²) in [6, 6.07) is 3.46. The summed E-state index contributed by atoms with van der Waals surface area (Å²) in [6.07, 6.45) is 3.77. The van der Waals surface area contributed by atoms with Gasteiger partial charge in [-0.25, -0.2) is 9.78 Å². The molecule has 18 heavy (non-hydrogen) atoms. The number of aromatic nitrogens is 1. The van der Waals surface area contributed by atoms with E-state index in [1.807, 2.05) is 6.07 Å². The Bertz CT molecular complexity index is 364. The van der Waals surface area contributed by atoms with Gasteiger partial charge in [-0.15, -0.1) is 0 Å². The molecule has 0 saturated heterocycles. The van der Waals surface area contributed by atoms with Crippen LogP contribution < -0.4 is 0 Å². The molecule has 0 aromatic carbocycles. The summed E-state index contributed by atoms with van der Waals surface area (Å²) in [5, 5.41) is 17.6. The maximum Gasteiger partial charge on any atom is 0.357 e. The normalized spacial score (nSPS) is 12.2. The van der Waals surface area contributed by atoms with Gasteiger partial charge < -0.3 is 14.9 Å². The summed E-state index contributed by atoms with van der Waals surface area (Å²) in [5.74, 6) is -0.593. The number of aryl methyl sites for hydroxylation is 1. The molecule has 1 rings (SSSR count). The molecule has 1 aromatic heterocycles. The smallest absolute Gasteiger partial charge is 0.357 e. The van der Waals surface area contributed by atoms with Crippen LogP contribution in [0.3, 0.4) is 0 Å². The van der Waals surface area contributed by atoms with E-state index in [2.05, 4.69) is 11.9 Å². The maximum absolute atomic E-state index is 11.5. The first-order valence-electron chi connectivity index (χ1n) is 6.08. The van der Waals surface area contributed by atoms with Crippen LogP contribution >= 0.6 is 0 Å². The highest BCUT2D eigenvalue weighted by molar-refractivity contribution is 5.87. The molecule has 1 aromatic rings. The van der Waals surface area contributed by atoms with E-state index in [1.165, 1.54) is 0 Å². The van der Waals surface area contributed by atoms with E-state index in [1.54, 1.807) is 12.3 Å². The van der Waals surface area contributed by atoms with Crippen molar-refractivity contribution in [3.63, 3.8) is 0 Å². The van der Waals surface area contributed by atoms with Gasteiger partial charge in [-0.05, 0) is 24.5 Å². The molecule has 5 nitrogen and oxygen atoms in total. The van der Waals surface area contributed by atoms with Gasteiger partial charge >= 0.3 is 5.97 Å². The first kappa shape index (κ1) is 14.6. The second-order valence-corrected chi connectivity index (χ2v) is 4.09. The van der Waals surface area contributed by atoms with Crippen LogP contribution in [0.25, 0.3) is 0 Å². The number of nitrogens with zero attached hydrogens (tertiary/aromatic N) is 1. The fourth-order valence-corrected chi connectivity index (χ4v) is 1.37. The first-order valence-corrected chi connectivity index (χ1v) is 6.08. The van der Waals surface area contributed by atoms with Gasteiger partial charge in [-0.3, -0.25) is 0 Å². The van der Waals surface area contributed by atoms with Crippen molar-refractivity contribution in [2.24, 2.45) is 0 Å². The van der Waals surface area contributed by atoms with Gasteiger partial charge in [0.2, 0.25) is 0 Å². The van der Waals surface area contributed by atoms with Crippen LogP contribution in [-0.4, -0.2) is 40.5 Å². The Labute approximate surface area is 106 Å². The molecule has 2 N–H and O–H groups in total. The third-order valence-electron chi connectivity index (χ3n) is 2.47. The SMILES string of the molecule is CCCCc1ccc(C(=O)OC[C@@H](O)CO)nc1. The third kappa shape index (κ3) is 4.81. The molecular weight excluding hydrogens is 234 g/mol. The molecule has 5 heteroatoms. The van der Waals surface area contributed by atoms with Crippen molar-refractivity contribution in [1.29, 1.82) is 0 Å². The second-order valence-electron chi connectivity index (χ2n) is 4.09. The minimum Gasteiger partial charge on any atom is -0.458 e. The molecule has 0 bridgehead atoms. The summed E-state index contributed by atoms with van der Waals surface area (Å²) in [7, 11) is 0. The van der Waals surface area contributed by atoms with Crippen LogP contribution in [0.15, 0.2) is 18.3 Å². The lowest BCUT2D eigenvalue weighted by molar-refractivity contribution is 0.00888. The van der Waals surface area contributed by atoms with Gasteiger partial charge in [-0.1, -0.05) is 19.4 Å². The van der Waals surface area contributed by atoms with E-state index in [0.29, 0.717) is 0 Å². The number of aliphatic hydroxyl groups is 2. The van der Waals surface area contributed by atoms with E-state index in [4.69, 9.17) is 14.9 Å². The Morgan fingerprint density at radius 1 is 1.50 bits per heavy atom. The van der Waals surface area contributed by atoms with Crippen LogP contribution in [0.2, 0.25) is 0 Å². The third-order valence-corrected chi connectivity index (χ3v) is 2.47. The molecule has 0 spiro atoms. The van der Waals surface area contributed by atoms with Gasteiger partial charge in [-0.2, -0.15) is 0 Å². The fraction of sp³-hybridized carbons (Fsp3) is 0.538. The Kier molecular flexibility index (Phi) is 6.32. The number of esters is 1. The van der Waals surface area contributed by atoms with E-state index >= 15 is 0 Å². The molecular formula is C13H19NO4. The zero-order valence-electron chi connectivity index (χ0n) is 10.5. The van der Waals surface area contributed by atoms with Crippen LogP contribution in [-0.2, 0) is 11.2 Å². The summed E-state index contributed by atoms with van der Waals surface area (Å²) in [4.78, 5) is 15.5. The number of rotatable bonds is 7. The lowest BCUT2D eigenvalue weighted by Crippen LogP contribution is -2.22. The second kappa shape index (κ2) is 7.79. The predicted octanol–water partition coefficient (Wildman–Crippen LogP) is 0.934. The number of hydrogen-bond donors (Lipinski definition) is 2. The zero-order chi connectivity index (χ0) is 13.4. The van der Waals surface area contributed by atoms with E-state index in [9.17, 15) is 4.79 Å². The van der Waals surface area contributed by atoms with Crippen LogP contribution in [0, 0.1) is 0 Å². The highest BCUT2D eigenvalue weighted by Gasteiger charge is 2.11. The molecule has 0 radical (unpaired) electrons. The number of carbonyl (C=O) groups is 1. The monoisotopic (exact) mass is 253 g/mol. The Balaban J connectivity index is 2.48. The molecule has 1 heterocycles. The number of pyridine rings is 1. The van der Waals surface area contributed by atoms with Crippen molar-refractivity contribution >= 4 is 5.97 Å². The number of aliphatic hydroxyl groups excluding tert-OH is 2. The van der Waals surface area contributed by atoms with Crippen molar-refractivity contribution in [2.45, 2.75) is 32.3 Å². The first-order chi connectivity index (χ1) is 8.67. The highest BCUT2D eigenvalue weighted by Crippen LogP contribution is 2.06. The Hall–Kier alpha value is -1.46. The molecule has 0 amide bonds. The van der Waals surface area contributed by atoms with E-state index in [0.717, 1.165) is 24.8 Å². The van der Waals surface area contributed by atoms with Gasteiger partial charge in [0.25, 0.3) is 0 Å². The number of unbranched alkanes of at least 4 members (excludes halogenated alkanes) is 1. The van der Waals surface area contributed by atoms with Crippen molar-refractivity contribution in [3.05, 3.63) is 29.6 Å². The highest BCUT2D eigenvalue weighted by atomic mass is 16.5. The van der Waals surface area contributed by atoms with E-state index < -0.39 is 18.7 Å². The number of carbonyl (C=O) groups excluding carboxylic acids is 1. The summed E-state index contributed by atoms with van der Waals surface area (Å²) in [5.41, 5.74) is 1.30. The Morgan fingerprint density at radius 2 is 2.28 bits per heavy atom. The molecule has 0 aliphatic heterocycles. The lowest BCUT2D eigenvalue weighted by atomic mass is 10.1. The van der Waals surface area contributed by atoms with Gasteiger partial charge in [0.05, 0.1) is 6.61 Å². The molecule has 0 aliphatic carbocycles. The largest absolute Gasteiger partial charge is 0.458 e.